The van der Waals surface area contributed by atoms with Crippen LogP contribution in [-0.4, -0.2) is 34.6 Å². The fourth-order valence-corrected chi connectivity index (χ4v) is 2.85. The van der Waals surface area contributed by atoms with E-state index in [0.717, 1.165) is 22.4 Å². The van der Waals surface area contributed by atoms with Gasteiger partial charge in [0.2, 0.25) is 11.7 Å². The highest BCUT2D eigenvalue weighted by Gasteiger charge is 2.17. The van der Waals surface area contributed by atoms with E-state index in [1.165, 1.54) is 0 Å². The Bertz CT molecular complexity index is 949. The van der Waals surface area contributed by atoms with Gasteiger partial charge in [-0.25, -0.2) is 0 Å². The van der Waals surface area contributed by atoms with E-state index in [2.05, 4.69) is 10.1 Å². The van der Waals surface area contributed by atoms with Gasteiger partial charge in [0.05, 0.1) is 13.2 Å². The molecule has 1 amide bonds. The molecule has 27 heavy (non-hydrogen) atoms. The smallest absolute Gasteiger partial charge is 0.254 e. The van der Waals surface area contributed by atoms with E-state index in [0.29, 0.717) is 23.9 Å². The van der Waals surface area contributed by atoms with Crippen LogP contribution < -0.4 is 4.74 Å². The van der Waals surface area contributed by atoms with Crippen molar-refractivity contribution in [1.82, 2.24) is 15.0 Å². The molecule has 0 saturated heterocycles. The van der Waals surface area contributed by atoms with E-state index < -0.39 is 0 Å². The Kier molecular flexibility index (Phi) is 5.54. The van der Waals surface area contributed by atoms with E-state index in [4.69, 9.17) is 9.26 Å². The van der Waals surface area contributed by atoms with Gasteiger partial charge in [-0.2, -0.15) is 4.98 Å². The number of hydrogen-bond donors (Lipinski definition) is 0. The maximum absolute atomic E-state index is 12.7. The van der Waals surface area contributed by atoms with E-state index >= 15 is 0 Å². The molecular formula is C21H23N3O3. The van der Waals surface area contributed by atoms with Crippen molar-refractivity contribution in [2.45, 2.75) is 27.3 Å². The van der Waals surface area contributed by atoms with Gasteiger partial charge in [-0.1, -0.05) is 29.4 Å². The van der Waals surface area contributed by atoms with E-state index in [1.54, 1.807) is 18.0 Å². The fraction of sp³-hybridized carbons (Fsp3) is 0.286. The number of carbonyl (C=O) groups is 1. The van der Waals surface area contributed by atoms with E-state index in [1.807, 2.05) is 57.2 Å². The van der Waals surface area contributed by atoms with Gasteiger partial charge in [-0.05, 0) is 50.1 Å². The summed E-state index contributed by atoms with van der Waals surface area (Å²) in [6, 6.07) is 13.3. The number of carbonyl (C=O) groups excluding carboxylic acids is 1. The molecule has 0 saturated carbocycles. The lowest BCUT2D eigenvalue weighted by Gasteiger charge is -2.16. The molecule has 140 valence electrons. The fourth-order valence-electron chi connectivity index (χ4n) is 2.85. The monoisotopic (exact) mass is 365 g/mol. The lowest BCUT2D eigenvalue weighted by atomic mass is 10.1. The van der Waals surface area contributed by atoms with Crippen LogP contribution in [0.1, 0.15) is 34.3 Å². The number of nitrogens with zero attached hydrogens (tertiary/aromatic N) is 3. The summed E-state index contributed by atoms with van der Waals surface area (Å²) < 4.78 is 10.9. The molecule has 3 aromatic rings. The molecule has 0 N–H and O–H groups in total. The standard InChI is InChI=1S/C21H23N3O3/c1-5-26-18-11-10-16(12-15(18)3)21(25)24(4)13-19-22-20(23-27-19)17-9-7-6-8-14(17)2/h6-12H,5,13H2,1-4H3. The zero-order chi connectivity index (χ0) is 19.4. The topological polar surface area (TPSA) is 68.5 Å². The summed E-state index contributed by atoms with van der Waals surface area (Å²) in [5.41, 5.74) is 3.51. The van der Waals surface area contributed by atoms with Crippen LogP contribution in [0.4, 0.5) is 0 Å². The number of ether oxygens (including phenoxy) is 1. The number of aromatic nitrogens is 2. The summed E-state index contributed by atoms with van der Waals surface area (Å²) in [5.74, 6) is 1.60. The summed E-state index contributed by atoms with van der Waals surface area (Å²) in [5, 5.41) is 4.04. The van der Waals surface area contributed by atoms with Crippen molar-refractivity contribution in [2.75, 3.05) is 13.7 Å². The van der Waals surface area contributed by atoms with Crippen molar-refractivity contribution in [3.63, 3.8) is 0 Å². The molecule has 1 aromatic heterocycles. The van der Waals surface area contributed by atoms with E-state index in [9.17, 15) is 4.79 Å². The molecule has 0 aliphatic heterocycles. The number of benzene rings is 2. The summed E-state index contributed by atoms with van der Waals surface area (Å²) in [6.07, 6.45) is 0. The van der Waals surface area contributed by atoms with Crippen LogP contribution >= 0.6 is 0 Å². The second-order valence-electron chi connectivity index (χ2n) is 6.40. The molecule has 0 atom stereocenters. The van der Waals surface area contributed by atoms with Gasteiger partial charge >= 0.3 is 0 Å². The first-order valence-electron chi connectivity index (χ1n) is 8.87. The molecule has 0 aliphatic carbocycles. The highest BCUT2D eigenvalue weighted by atomic mass is 16.5. The predicted molar refractivity (Wildman–Crippen MR) is 103 cm³/mol. The minimum Gasteiger partial charge on any atom is -0.494 e. The first-order valence-corrected chi connectivity index (χ1v) is 8.87. The molecule has 0 spiro atoms. The third-order valence-electron chi connectivity index (χ3n) is 4.29. The Morgan fingerprint density at radius 2 is 1.93 bits per heavy atom. The van der Waals surface area contributed by atoms with Crippen LogP contribution in [0.15, 0.2) is 47.0 Å². The molecule has 2 aromatic carbocycles. The van der Waals surface area contributed by atoms with Crippen molar-refractivity contribution in [2.24, 2.45) is 0 Å². The third-order valence-corrected chi connectivity index (χ3v) is 4.29. The zero-order valence-corrected chi connectivity index (χ0v) is 16.0. The molecule has 6 heteroatoms. The van der Waals surface area contributed by atoms with Crippen LogP contribution in [0.3, 0.4) is 0 Å². The van der Waals surface area contributed by atoms with Gasteiger partial charge in [0.25, 0.3) is 5.91 Å². The van der Waals surface area contributed by atoms with Crippen LogP contribution in [0, 0.1) is 13.8 Å². The van der Waals surface area contributed by atoms with Crippen LogP contribution in [0.25, 0.3) is 11.4 Å². The van der Waals surface area contributed by atoms with Crippen LogP contribution in [-0.2, 0) is 6.54 Å². The molecule has 0 aliphatic rings. The van der Waals surface area contributed by atoms with Crippen molar-refractivity contribution in [3.8, 4) is 17.1 Å². The molecule has 0 unspecified atom stereocenters. The molecule has 0 radical (unpaired) electrons. The predicted octanol–water partition coefficient (Wildman–Crippen LogP) is 4.02. The largest absolute Gasteiger partial charge is 0.494 e. The summed E-state index contributed by atoms with van der Waals surface area (Å²) in [7, 11) is 1.71. The quantitative estimate of drug-likeness (QED) is 0.660. The first-order chi connectivity index (χ1) is 13.0. The van der Waals surface area contributed by atoms with Gasteiger partial charge < -0.3 is 14.2 Å². The summed E-state index contributed by atoms with van der Waals surface area (Å²) in [6.45, 7) is 6.68. The van der Waals surface area contributed by atoms with Crippen molar-refractivity contribution in [3.05, 3.63) is 65.0 Å². The van der Waals surface area contributed by atoms with Crippen molar-refractivity contribution < 1.29 is 14.1 Å². The Hall–Kier alpha value is -3.15. The maximum Gasteiger partial charge on any atom is 0.254 e. The molecule has 3 rings (SSSR count). The summed E-state index contributed by atoms with van der Waals surface area (Å²) >= 11 is 0. The normalized spacial score (nSPS) is 10.7. The number of aryl methyl sites for hydroxylation is 2. The second-order valence-corrected chi connectivity index (χ2v) is 6.40. The molecule has 1 heterocycles. The average molecular weight is 365 g/mol. The highest BCUT2D eigenvalue weighted by molar-refractivity contribution is 5.94. The van der Waals surface area contributed by atoms with Gasteiger partial charge in [-0.3, -0.25) is 4.79 Å². The van der Waals surface area contributed by atoms with Gasteiger partial charge in [0, 0.05) is 18.2 Å². The Morgan fingerprint density at radius 1 is 1.15 bits per heavy atom. The molecule has 0 fully saturated rings. The van der Waals surface area contributed by atoms with Crippen LogP contribution in [0.2, 0.25) is 0 Å². The summed E-state index contributed by atoms with van der Waals surface area (Å²) in [4.78, 5) is 18.7. The van der Waals surface area contributed by atoms with Crippen LogP contribution in [0.5, 0.6) is 5.75 Å². The Morgan fingerprint density at radius 3 is 2.63 bits per heavy atom. The third kappa shape index (κ3) is 4.16. The highest BCUT2D eigenvalue weighted by Crippen LogP contribution is 2.22. The van der Waals surface area contributed by atoms with Gasteiger partial charge in [0.1, 0.15) is 5.75 Å². The maximum atomic E-state index is 12.7. The Balaban J connectivity index is 1.72. The van der Waals surface area contributed by atoms with E-state index in [-0.39, 0.29) is 12.5 Å². The van der Waals surface area contributed by atoms with Crippen molar-refractivity contribution in [1.29, 1.82) is 0 Å². The SMILES string of the molecule is CCOc1ccc(C(=O)N(C)Cc2nc(-c3ccccc3C)no2)cc1C. The second kappa shape index (κ2) is 8.03. The molecule has 0 bridgehead atoms. The molecular weight excluding hydrogens is 342 g/mol. The minimum absolute atomic E-state index is 0.114. The van der Waals surface area contributed by atoms with Gasteiger partial charge in [-0.15, -0.1) is 0 Å². The number of amides is 1. The number of hydrogen-bond acceptors (Lipinski definition) is 5. The van der Waals surface area contributed by atoms with Gasteiger partial charge in [0.15, 0.2) is 0 Å². The lowest BCUT2D eigenvalue weighted by molar-refractivity contribution is 0.0769. The Labute approximate surface area is 158 Å². The zero-order valence-electron chi connectivity index (χ0n) is 16.0. The first kappa shape index (κ1) is 18.6. The average Bonchev–Trinajstić information content (AvgIpc) is 3.11. The minimum atomic E-state index is -0.114. The van der Waals surface area contributed by atoms with Crippen molar-refractivity contribution >= 4 is 5.91 Å². The lowest BCUT2D eigenvalue weighted by Crippen LogP contribution is -2.26. The molecule has 6 nitrogen and oxygen atoms in total. The number of rotatable bonds is 6.